The van der Waals surface area contributed by atoms with Crippen molar-refractivity contribution in [2.24, 2.45) is 0 Å². The molecule has 1 aliphatic rings. The molecule has 1 aromatic rings. The van der Waals surface area contributed by atoms with Crippen LogP contribution in [-0.2, 0) is 4.74 Å². The lowest BCUT2D eigenvalue weighted by Gasteiger charge is -2.37. The first kappa shape index (κ1) is 13.7. The second kappa shape index (κ2) is 5.52. The van der Waals surface area contributed by atoms with Gasteiger partial charge in [-0.3, -0.25) is 4.79 Å². The standard InChI is InChI=1S/C13H15FINO2/c1-8-5-16(6-9(2)18-8)13-10(7-17)3-11(15)4-12(13)14/h3-4,7-9H,5-6H2,1-2H3. The second-order valence-electron chi connectivity index (χ2n) is 4.61. The predicted molar refractivity (Wildman–Crippen MR) is 76.7 cm³/mol. The van der Waals surface area contributed by atoms with Crippen LogP contribution in [0.1, 0.15) is 24.2 Å². The van der Waals surface area contributed by atoms with Gasteiger partial charge in [0.25, 0.3) is 0 Å². The lowest BCUT2D eigenvalue weighted by atomic mass is 10.1. The zero-order chi connectivity index (χ0) is 13.3. The highest BCUT2D eigenvalue weighted by atomic mass is 127. The summed E-state index contributed by atoms with van der Waals surface area (Å²) in [5.41, 5.74) is 0.799. The average molecular weight is 363 g/mol. The highest BCUT2D eigenvalue weighted by molar-refractivity contribution is 14.1. The van der Waals surface area contributed by atoms with Gasteiger partial charge < -0.3 is 9.64 Å². The largest absolute Gasteiger partial charge is 0.372 e. The zero-order valence-electron chi connectivity index (χ0n) is 10.3. The van der Waals surface area contributed by atoms with Gasteiger partial charge in [0.15, 0.2) is 6.29 Å². The molecule has 0 N–H and O–H groups in total. The molecule has 3 nitrogen and oxygen atoms in total. The first-order valence-electron chi connectivity index (χ1n) is 5.86. The highest BCUT2D eigenvalue weighted by Gasteiger charge is 2.26. The van der Waals surface area contributed by atoms with Gasteiger partial charge in [-0.1, -0.05) is 0 Å². The third kappa shape index (κ3) is 2.83. The Morgan fingerprint density at radius 1 is 1.39 bits per heavy atom. The van der Waals surface area contributed by atoms with Gasteiger partial charge in [-0.15, -0.1) is 0 Å². The summed E-state index contributed by atoms with van der Waals surface area (Å²) in [7, 11) is 0. The maximum atomic E-state index is 14.1. The van der Waals surface area contributed by atoms with E-state index >= 15 is 0 Å². The molecule has 1 heterocycles. The lowest BCUT2D eigenvalue weighted by Crippen LogP contribution is -2.46. The third-order valence-electron chi connectivity index (χ3n) is 2.92. The van der Waals surface area contributed by atoms with Crippen LogP contribution in [-0.4, -0.2) is 31.6 Å². The first-order valence-corrected chi connectivity index (χ1v) is 6.93. The molecule has 1 aromatic carbocycles. The number of rotatable bonds is 2. The van der Waals surface area contributed by atoms with E-state index in [4.69, 9.17) is 4.74 Å². The highest BCUT2D eigenvalue weighted by Crippen LogP contribution is 2.28. The van der Waals surface area contributed by atoms with Crippen molar-refractivity contribution in [1.29, 1.82) is 0 Å². The monoisotopic (exact) mass is 363 g/mol. The van der Waals surface area contributed by atoms with Crippen LogP contribution in [0.4, 0.5) is 10.1 Å². The molecule has 1 saturated heterocycles. The molecule has 0 aromatic heterocycles. The Labute approximate surface area is 119 Å². The van der Waals surface area contributed by atoms with E-state index in [-0.39, 0.29) is 18.0 Å². The number of hydrogen-bond acceptors (Lipinski definition) is 3. The minimum Gasteiger partial charge on any atom is -0.372 e. The van der Waals surface area contributed by atoms with Crippen LogP contribution < -0.4 is 4.90 Å². The van der Waals surface area contributed by atoms with Crippen molar-refractivity contribution >= 4 is 34.6 Å². The molecule has 0 spiro atoms. The van der Waals surface area contributed by atoms with Gasteiger partial charge in [0.2, 0.25) is 0 Å². The van der Waals surface area contributed by atoms with Crippen molar-refractivity contribution in [2.45, 2.75) is 26.1 Å². The molecular formula is C13H15FINO2. The summed E-state index contributed by atoms with van der Waals surface area (Å²) in [6, 6.07) is 3.16. The number of hydrogen-bond donors (Lipinski definition) is 0. The molecule has 2 rings (SSSR count). The normalized spacial score (nSPS) is 24.1. The Morgan fingerprint density at radius 2 is 2.00 bits per heavy atom. The molecule has 2 unspecified atom stereocenters. The molecule has 0 saturated carbocycles. The molecule has 2 atom stereocenters. The van der Waals surface area contributed by atoms with Crippen LogP contribution in [0, 0.1) is 9.39 Å². The summed E-state index contributed by atoms with van der Waals surface area (Å²) in [6.07, 6.45) is 0.782. The van der Waals surface area contributed by atoms with Gasteiger partial charge in [-0.05, 0) is 48.6 Å². The quantitative estimate of drug-likeness (QED) is 0.598. The van der Waals surface area contributed by atoms with Crippen LogP contribution in [0.25, 0.3) is 0 Å². The number of benzene rings is 1. The van der Waals surface area contributed by atoms with Crippen LogP contribution >= 0.6 is 22.6 Å². The average Bonchev–Trinajstić information content (AvgIpc) is 2.26. The van der Waals surface area contributed by atoms with Crippen LogP contribution in [0.15, 0.2) is 12.1 Å². The molecule has 18 heavy (non-hydrogen) atoms. The lowest BCUT2D eigenvalue weighted by molar-refractivity contribution is -0.00543. The van der Waals surface area contributed by atoms with E-state index in [0.29, 0.717) is 30.6 Å². The van der Waals surface area contributed by atoms with Crippen molar-refractivity contribution in [1.82, 2.24) is 0 Å². The molecule has 5 heteroatoms. The van der Waals surface area contributed by atoms with Crippen molar-refractivity contribution in [3.63, 3.8) is 0 Å². The summed E-state index contributed by atoms with van der Waals surface area (Å²) in [5.74, 6) is -0.342. The maximum Gasteiger partial charge on any atom is 0.152 e. The number of ether oxygens (including phenoxy) is 1. The number of nitrogens with zero attached hydrogens (tertiary/aromatic N) is 1. The van der Waals surface area contributed by atoms with Gasteiger partial charge in [-0.25, -0.2) is 4.39 Å². The summed E-state index contributed by atoms with van der Waals surface area (Å²) in [4.78, 5) is 13.0. The van der Waals surface area contributed by atoms with Gasteiger partial charge in [0.05, 0.1) is 17.9 Å². The zero-order valence-corrected chi connectivity index (χ0v) is 12.5. The van der Waals surface area contributed by atoms with Gasteiger partial charge in [0, 0.05) is 22.2 Å². The Morgan fingerprint density at radius 3 is 2.56 bits per heavy atom. The second-order valence-corrected chi connectivity index (χ2v) is 5.85. The van der Waals surface area contributed by atoms with E-state index in [0.717, 1.165) is 3.57 Å². The van der Waals surface area contributed by atoms with E-state index in [1.54, 1.807) is 6.07 Å². The van der Waals surface area contributed by atoms with Gasteiger partial charge >= 0.3 is 0 Å². The molecule has 0 bridgehead atoms. The van der Waals surface area contributed by atoms with E-state index in [1.165, 1.54) is 6.07 Å². The molecule has 1 aliphatic heterocycles. The van der Waals surface area contributed by atoms with Crippen molar-refractivity contribution in [3.8, 4) is 0 Å². The topological polar surface area (TPSA) is 29.5 Å². The smallest absolute Gasteiger partial charge is 0.152 e. The van der Waals surface area contributed by atoms with E-state index < -0.39 is 0 Å². The molecule has 0 amide bonds. The Balaban J connectivity index is 2.40. The number of morpholine rings is 1. The Bertz CT molecular complexity index is 457. The maximum absolute atomic E-state index is 14.1. The van der Waals surface area contributed by atoms with Crippen molar-refractivity contribution in [3.05, 3.63) is 27.1 Å². The molecule has 0 radical (unpaired) electrons. The number of carbonyl (C=O) groups is 1. The van der Waals surface area contributed by atoms with E-state index in [1.807, 2.05) is 41.3 Å². The summed E-state index contributed by atoms with van der Waals surface area (Å²) in [5, 5.41) is 0. The minimum atomic E-state index is -0.342. The van der Waals surface area contributed by atoms with Crippen LogP contribution in [0.5, 0.6) is 0 Å². The number of halogens is 2. The molecular weight excluding hydrogens is 348 g/mol. The minimum absolute atomic E-state index is 0.0342. The fourth-order valence-electron chi connectivity index (χ4n) is 2.37. The predicted octanol–water partition coefficient (Wildman–Crippen LogP) is 2.86. The molecule has 0 aliphatic carbocycles. The number of carbonyl (C=O) groups excluding carboxylic acids is 1. The fourth-order valence-corrected chi connectivity index (χ4v) is 2.98. The Kier molecular flexibility index (Phi) is 4.21. The fraction of sp³-hybridized carbons (Fsp3) is 0.462. The summed E-state index contributed by atoms with van der Waals surface area (Å²) < 4.78 is 20.4. The van der Waals surface area contributed by atoms with Crippen LogP contribution in [0.3, 0.4) is 0 Å². The van der Waals surface area contributed by atoms with Gasteiger partial charge in [-0.2, -0.15) is 0 Å². The first-order chi connectivity index (χ1) is 8.51. The van der Waals surface area contributed by atoms with E-state index in [9.17, 15) is 9.18 Å². The summed E-state index contributed by atoms with van der Waals surface area (Å²) >= 11 is 2.01. The van der Waals surface area contributed by atoms with Gasteiger partial charge in [0.1, 0.15) is 5.82 Å². The Hall–Kier alpha value is -0.690. The summed E-state index contributed by atoms with van der Waals surface area (Å²) in [6.45, 7) is 5.10. The molecule has 98 valence electrons. The van der Waals surface area contributed by atoms with Crippen molar-refractivity contribution < 1.29 is 13.9 Å². The van der Waals surface area contributed by atoms with E-state index in [2.05, 4.69) is 0 Å². The van der Waals surface area contributed by atoms with Crippen LogP contribution in [0.2, 0.25) is 0 Å². The van der Waals surface area contributed by atoms with Crippen molar-refractivity contribution in [2.75, 3.05) is 18.0 Å². The number of aldehydes is 1. The third-order valence-corrected chi connectivity index (χ3v) is 3.54. The SMILES string of the molecule is CC1CN(c2c(F)cc(I)cc2C=O)CC(C)O1. The number of anilines is 1. The molecule has 1 fully saturated rings.